The second-order valence-electron chi connectivity index (χ2n) is 7.90. The van der Waals surface area contributed by atoms with Gasteiger partial charge in [0.15, 0.2) is 5.84 Å². The van der Waals surface area contributed by atoms with Gasteiger partial charge in [0.1, 0.15) is 12.0 Å². The van der Waals surface area contributed by atoms with E-state index in [-0.39, 0.29) is 30.1 Å². The number of benzene rings is 1. The average molecular weight is 579 g/mol. The Morgan fingerprint density at radius 1 is 1.15 bits per heavy atom. The normalized spacial score (nSPS) is 14.2. The monoisotopic (exact) mass is 578 g/mol. The van der Waals surface area contributed by atoms with Gasteiger partial charge in [-0.05, 0) is 33.0 Å². The first kappa shape index (κ1) is 35.6. The third-order valence-electron chi connectivity index (χ3n) is 5.04. The predicted molar refractivity (Wildman–Crippen MR) is 153 cm³/mol. The van der Waals surface area contributed by atoms with Crippen molar-refractivity contribution in [2.75, 3.05) is 40.8 Å². The summed E-state index contributed by atoms with van der Waals surface area (Å²) in [5.74, 6) is 4.99. The Kier molecular flexibility index (Phi) is 19.1. The largest absolute Gasteiger partial charge is 0.382 e. The first-order valence-electron chi connectivity index (χ1n) is 12.0. The molecule has 16 heteroatoms. The van der Waals surface area contributed by atoms with Crippen LogP contribution in [0.1, 0.15) is 45.7 Å². The maximum absolute atomic E-state index is 10.7. The summed E-state index contributed by atoms with van der Waals surface area (Å²) in [7, 11) is 5.23. The number of carbonyl (C=O) groups is 5. The first-order valence-corrected chi connectivity index (χ1v) is 12.9. The summed E-state index contributed by atoms with van der Waals surface area (Å²) in [6.45, 7) is 3.11. The molecular weight excluding hydrogens is 540 g/mol. The van der Waals surface area contributed by atoms with Crippen molar-refractivity contribution in [3.05, 3.63) is 52.0 Å². The number of amides is 5. The summed E-state index contributed by atoms with van der Waals surface area (Å²) < 4.78 is 0. The van der Waals surface area contributed by atoms with Gasteiger partial charge in [-0.2, -0.15) is 0 Å². The van der Waals surface area contributed by atoms with Crippen LogP contribution in [0.4, 0.5) is 4.79 Å². The predicted octanol–water partition coefficient (Wildman–Crippen LogP) is -0.543. The molecule has 2 aliphatic heterocycles. The van der Waals surface area contributed by atoms with Gasteiger partial charge in [0.05, 0.1) is 5.51 Å². The van der Waals surface area contributed by atoms with Crippen molar-refractivity contribution in [1.29, 1.82) is 0 Å². The smallest absolute Gasteiger partial charge is 0.323 e. The van der Waals surface area contributed by atoms with Crippen LogP contribution in [0.5, 0.6) is 0 Å². The van der Waals surface area contributed by atoms with Crippen molar-refractivity contribution >= 4 is 47.7 Å². The Bertz CT molecular complexity index is 1040. The van der Waals surface area contributed by atoms with E-state index in [4.69, 9.17) is 16.4 Å². The Balaban J connectivity index is 0.000000504. The third kappa shape index (κ3) is 15.1. The number of aldehydes is 1. The number of amidine groups is 1. The zero-order chi connectivity index (χ0) is 30.3. The number of thiazole rings is 1. The van der Waals surface area contributed by atoms with Gasteiger partial charge in [-0.15, -0.1) is 16.4 Å². The second kappa shape index (κ2) is 21.5. The summed E-state index contributed by atoms with van der Waals surface area (Å²) in [5.41, 5.74) is 15.2. The van der Waals surface area contributed by atoms with Crippen LogP contribution in [0.25, 0.3) is 0 Å². The number of nitrogens with one attached hydrogen (secondary N) is 3. The van der Waals surface area contributed by atoms with E-state index < -0.39 is 0 Å². The maximum atomic E-state index is 10.7. The molecule has 2 saturated heterocycles. The van der Waals surface area contributed by atoms with E-state index >= 15 is 0 Å². The lowest BCUT2D eigenvalue weighted by molar-refractivity contribution is -0.128. The number of nitrogens with two attached hydrogens (primary N) is 3. The standard InChI is InChI=1S/C8H10N4O.C5H8N2O2.C5H6N2OS.C5H11N.CH3NO/c9-8(11-12-10)7-3-1-6(5-13)2-4-7;1-7-4(8)2-3-6-5(7)9;1-6-5(8)4-2-9-3-7-4;1-6-4-2-3-5-6;2-1-3/h1-5,12H,10H2,(H2,9,11);2-3H2,1H3,(H,6,9);2-3H,1H3,(H,6,8);2-5H2,1H3;1H,(H2,2,3). The fraction of sp³-hybridized carbons (Fsp3) is 0.375. The van der Waals surface area contributed by atoms with Gasteiger partial charge in [-0.3, -0.25) is 24.1 Å². The van der Waals surface area contributed by atoms with E-state index in [1.165, 1.54) is 44.3 Å². The Hall–Kier alpha value is -4.41. The zero-order valence-electron chi connectivity index (χ0n) is 22.8. The van der Waals surface area contributed by atoms with Gasteiger partial charge in [0.25, 0.3) is 5.91 Å². The van der Waals surface area contributed by atoms with Crippen LogP contribution in [0.3, 0.4) is 0 Å². The van der Waals surface area contributed by atoms with Crippen molar-refractivity contribution in [3.8, 4) is 0 Å². The summed E-state index contributed by atoms with van der Waals surface area (Å²) >= 11 is 1.41. The van der Waals surface area contributed by atoms with Crippen LogP contribution in [-0.2, 0) is 9.59 Å². The van der Waals surface area contributed by atoms with Crippen LogP contribution in [0.15, 0.2) is 40.3 Å². The lowest BCUT2D eigenvalue weighted by atomic mass is 10.1. The Labute approximate surface area is 237 Å². The molecule has 1 aromatic carbocycles. The van der Waals surface area contributed by atoms with Crippen LogP contribution in [0.2, 0.25) is 0 Å². The number of hydrazone groups is 1. The van der Waals surface area contributed by atoms with Crippen LogP contribution >= 0.6 is 11.3 Å². The lowest BCUT2D eigenvalue weighted by Gasteiger charge is -2.20. The number of hydrogen-bond donors (Lipinski definition) is 6. The summed E-state index contributed by atoms with van der Waals surface area (Å²) in [6, 6.07) is 6.40. The number of aromatic nitrogens is 1. The van der Waals surface area contributed by atoms with E-state index in [1.54, 1.807) is 42.2 Å². The highest BCUT2D eigenvalue weighted by atomic mass is 32.1. The van der Waals surface area contributed by atoms with Crippen LogP contribution in [-0.4, -0.2) is 91.9 Å². The molecule has 0 aliphatic carbocycles. The molecule has 2 fully saturated rings. The number of imide groups is 1. The van der Waals surface area contributed by atoms with Crippen LogP contribution < -0.4 is 33.5 Å². The second-order valence-corrected chi connectivity index (χ2v) is 8.62. The van der Waals surface area contributed by atoms with Gasteiger partial charge in [0, 0.05) is 43.6 Å². The summed E-state index contributed by atoms with van der Waals surface area (Å²) in [6.07, 6.45) is 4.26. The minimum absolute atomic E-state index is 0.112. The van der Waals surface area contributed by atoms with Gasteiger partial charge in [-0.25, -0.2) is 21.2 Å². The average Bonchev–Trinajstić information content (AvgIpc) is 3.68. The number of primary amides is 1. The minimum atomic E-state index is -0.300. The molecule has 40 heavy (non-hydrogen) atoms. The van der Waals surface area contributed by atoms with Gasteiger partial charge in [0.2, 0.25) is 12.3 Å². The molecule has 9 N–H and O–H groups in total. The SMILES string of the molecule is CN1C(=O)CCNC1=O.CN1CCCC1.CNC(=O)c1cscn1.NC=O.NN/N=C(\N)c1ccc(C=O)cc1. The number of hydrazine groups is 1. The molecule has 220 valence electrons. The third-order valence-corrected chi connectivity index (χ3v) is 5.63. The van der Waals surface area contributed by atoms with Gasteiger partial charge < -0.3 is 27.0 Å². The van der Waals surface area contributed by atoms with E-state index in [1.807, 2.05) is 0 Å². The number of rotatable bonds is 4. The molecule has 2 aromatic rings. The highest BCUT2D eigenvalue weighted by Gasteiger charge is 2.20. The number of likely N-dealkylation sites (tertiary alicyclic amines) is 1. The molecular formula is C24H38N10O5S. The molecule has 15 nitrogen and oxygen atoms in total. The molecule has 0 radical (unpaired) electrons. The van der Waals surface area contributed by atoms with E-state index in [0.29, 0.717) is 29.8 Å². The van der Waals surface area contributed by atoms with Crippen molar-refractivity contribution in [2.24, 2.45) is 22.4 Å². The van der Waals surface area contributed by atoms with E-state index in [2.05, 4.69) is 43.9 Å². The van der Waals surface area contributed by atoms with Crippen molar-refractivity contribution < 1.29 is 24.0 Å². The maximum Gasteiger partial charge on any atom is 0.323 e. The topological polar surface area (TPSA) is 231 Å². The molecule has 5 amide bonds. The number of carbonyl (C=O) groups excluding carboxylic acids is 5. The van der Waals surface area contributed by atoms with Crippen molar-refractivity contribution in [2.45, 2.75) is 19.3 Å². The molecule has 1 aromatic heterocycles. The molecule has 0 saturated carbocycles. The molecule has 2 aliphatic rings. The van der Waals surface area contributed by atoms with E-state index in [9.17, 15) is 19.2 Å². The number of nitrogens with zero attached hydrogens (tertiary/aromatic N) is 4. The van der Waals surface area contributed by atoms with Crippen molar-refractivity contribution in [3.63, 3.8) is 0 Å². The molecule has 3 heterocycles. The highest BCUT2D eigenvalue weighted by molar-refractivity contribution is 7.07. The van der Waals surface area contributed by atoms with E-state index in [0.717, 1.165) is 11.2 Å². The highest BCUT2D eigenvalue weighted by Crippen LogP contribution is 2.02. The lowest BCUT2D eigenvalue weighted by Crippen LogP contribution is -2.47. The Morgan fingerprint density at radius 3 is 2.12 bits per heavy atom. The summed E-state index contributed by atoms with van der Waals surface area (Å²) in [4.78, 5) is 58.1. The quantitative estimate of drug-likeness (QED) is 0.0891. The fourth-order valence-electron chi connectivity index (χ4n) is 2.87. The molecule has 0 atom stereocenters. The molecule has 4 rings (SSSR count). The Morgan fingerprint density at radius 2 is 1.75 bits per heavy atom. The van der Waals surface area contributed by atoms with Crippen molar-refractivity contribution in [1.82, 2.24) is 31.0 Å². The van der Waals surface area contributed by atoms with Gasteiger partial charge >= 0.3 is 6.03 Å². The zero-order valence-corrected chi connectivity index (χ0v) is 23.6. The molecule has 0 bridgehead atoms. The fourth-order valence-corrected chi connectivity index (χ4v) is 3.40. The van der Waals surface area contributed by atoms with Gasteiger partial charge in [-0.1, -0.05) is 24.3 Å². The van der Waals surface area contributed by atoms with Crippen LogP contribution in [0, 0.1) is 0 Å². The first-order chi connectivity index (χ1) is 19.1. The number of hydrogen-bond acceptors (Lipinski definition) is 11. The molecule has 0 unspecified atom stereocenters. The summed E-state index contributed by atoms with van der Waals surface area (Å²) in [5, 5.41) is 10.3. The number of urea groups is 1. The molecule has 0 spiro atoms. The minimum Gasteiger partial charge on any atom is -0.382 e.